The van der Waals surface area contributed by atoms with E-state index < -0.39 is 36.2 Å². The Balaban J connectivity index is 2.90. The minimum atomic E-state index is -1.34. The van der Waals surface area contributed by atoms with Gasteiger partial charge in [-0.1, -0.05) is 6.07 Å². The van der Waals surface area contributed by atoms with Crippen LogP contribution in [0.1, 0.15) is 27.1 Å². The molecule has 1 rings (SSSR count). The summed E-state index contributed by atoms with van der Waals surface area (Å²) in [7, 11) is 1.20. The van der Waals surface area contributed by atoms with Gasteiger partial charge in [-0.15, -0.1) is 0 Å². The molecular formula is C13H14N2O6. The van der Waals surface area contributed by atoms with Crippen LogP contribution in [0.2, 0.25) is 0 Å². The highest BCUT2D eigenvalue weighted by molar-refractivity contribution is 6.00. The Morgan fingerprint density at radius 1 is 1.29 bits per heavy atom. The summed E-state index contributed by atoms with van der Waals surface area (Å²) >= 11 is 0. The summed E-state index contributed by atoms with van der Waals surface area (Å²) in [4.78, 5) is 45.0. The number of aliphatic carboxylic acids is 1. The molecule has 21 heavy (non-hydrogen) atoms. The predicted molar refractivity (Wildman–Crippen MR) is 70.5 cm³/mol. The fourth-order valence-electron chi connectivity index (χ4n) is 1.54. The van der Waals surface area contributed by atoms with E-state index >= 15 is 0 Å². The molecule has 1 aromatic carbocycles. The van der Waals surface area contributed by atoms with Crippen LogP contribution >= 0.6 is 0 Å². The SMILES string of the molecule is COC(=O)c1cccc(C(=O)N[C@@H](CC(=O)O)C(N)=O)c1. The maximum Gasteiger partial charge on any atom is 0.337 e. The number of ether oxygens (including phenoxy) is 1. The minimum absolute atomic E-state index is 0.0783. The van der Waals surface area contributed by atoms with E-state index in [9.17, 15) is 19.2 Å². The second-order valence-corrected chi connectivity index (χ2v) is 4.10. The number of methoxy groups -OCH3 is 1. The molecular weight excluding hydrogens is 280 g/mol. The number of benzene rings is 1. The van der Waals surface area contributed by atoms with Crippen LogP contribution in [-0.2, 0) is 14.3 Å². The first-order valence-electron chi connectivity index (χ1n) is 5.85. The molecule has 1 aromatic rings. The molecule has 0 saturated carbocycles. The van der Waals surface area contributed by atoms with Crippen LogP contribution in [0.15, 0.2) is 24.3 Å². The van der Waals surface area contributed by atoms with Crippen molar-refractivity contribution >= 4 is 23.8 Å². The molecule has 0 saturated heterocycles. The number of carbonyl (C=O) groups excluding carboxylic acids is 3. The fourth-order valence-corrected chi connectivity index (χ4v) is 1.54. The maximum atomic E-state index is 11.9. The van der Waals surface area contributed by atoms with Gasteiger partial charge in [-0.05, 0) is 18.2 Å². The largest absolute Gasteiger partial charge is 0.481 e. The van der Waals surface area contributed by atoms with Crippen LogP contribution < -0.4 is 11.1 Å². The first-order chi connectivity index (χ1) is 9.85. The second kappa shape index (κ2) is 7.04. The van der Waals surface area contributed by atoms with Gasteiger partial charge < -0.3 is 20.9 Å². The molecule has 0 aliphatic rings. The lowest BCUT2D eigenvalue weighted by Crippen LogP contribution is -2.45. The normalized spacial score (nSPS) is 11.3. The fraction of sp³-hybridized carbons (Fsp3) is 0.231. The van der Waals surface area contributed by atoms with Gasteiger partial charge in [0.05, 0.1) is 19.1 Å². The number of hydrogen-bond acceptors (Lipinski definition) is 5. The van der Waals surface area contributed by atoms with Crippen molar-refractivity contribution in [1.82, 2.24) is 5.32 Å². The predicted octanol–water partition coefficient (Wildman–Crippen LogP) is -0.468. The van der Waals surface area contributed by atoms with Crippen molar-refractivity contribution in [2.24, 2.45) is 5.73 Å². The summed E-state index contributed by atoms with van der Waals surface area (Å²) in [5.41, 5.74) is 5.25. The van der Waals surface area contributed by atoms with Crippen LogP contribution in [0.3, 0.4) is 0 Å². The molecule has 4 N–H and O–H groups in total. The number of primary amides is 1. The summed E-state index contributed by atoms with van der Waals surface area (Å²) < 4.78 is 4.52. The van der Waals surface area contributed by atoms with Crippen molar-refractivity contribution < 1.29 is 29.0 Å². The van der Waals surface area contributed by atoms with E-state index in [2.05, 4.69) is 10.1 Å². The molecule has 112 valence electrons. The molecule has 1 atom stereocenters. The molecule has 0 aromatic heterocycles. The lowest BCUT2D eigenvalue weighted by atomic mass is 10.1. The second-order valence-electron chi connectivity index (χ2n) is 4.10. The molecule has 0 aliphatic heterocycles. The molecule has 0 unspecified atom stereocenters. The lowest BCUT2D eigenvalue weighted by Gasteiger charge is -2.13. The third-order valence-corrected chi connectivity index (χ3v) is 2.57. The Bertz CT molecular complexity index is 584. The highest BCUT2D eigenvalue weighted by Gasteiger charge is 2.22. The summed E-state index contributed by atoms with van der Waals surface area (Å²) in [5, 5.41) is 10.8. The Morgan fingerprint density at radius 2 is 1.90 bits per heavy atom. The highest BCUT2D eigenvalue weighted by Crippen LogP contribution is 2.07. The smallest absolute Gasteiger partial charge is 0.337 e. The molecule has 0 bridgehead atoms. The first kappa shape index (κ1) is 16.2. The van der Waals surface area contributed by atoms with E-state index in [1.54, 1.807) is 0 Å². The van der Waals surface area contributed by atoms with Crippen molar-refractivity contribution in [3.05, 3.63) is 35.4 Å². The number of nitrogens with one attached hydrogen (secondary N) is 1. The third-order valence-electron chi connectivity index (χ3n) is 2.57. The summed E-state index contributed by atoms with van der Waals surface area (Å²) in [5.74, 6) is -3.58. The highest BCUT2D eigenvalue weighted by atomic mass is 16.5. The third kappa shape index (κ3) is 4.60. The van der Waals surface area contributed by atoms with Crippen molar-refractivity contribution in [2.75, 3.05) is 7.11 Å². The van der Waals surface area contributed by atoms with Gasteiger partial charge in [-0.2, -0.15) is 0 Å². The Hall–Kier alpha value is -2.90. The summed E-state index contributed by atoms with van der Waals surface area (Å²) in [6.45, 7) is 0. The zero-order valence-electron chi connectivity index (χ0n) is 11.2. The van der Waals surface area contributed by atoms with Gasteiger partial charge in [-0.25, -0.2) is 4.79 Å². The number of esters is 1. The van der Waals surface area contributed by atoms with Gasteiger partial charge in [0.15, 0.2) is 0 Å². The van der Waals surface area contributed by atoms with Crippen LogP contribution in [0.5, 0.6) is 0 Å². The lowest BCUT2D eigenvalue weighted by molar-refractivity contribution is -0.139. The van der Waals surface area contributed by atoms with Crippen LogP contribution in [-0.4, -0.2) is 42.0 Å². The van der Waals surface area contributed by atoms with Gasteiger partial charge in [0.1, 0.15) is 6.04 Å². The number of hydrogen-bond donors (Lipinski definition) is 3. The monoisotopic (exact) mass is 294 g/mol. The van der Waals surface area contributed by atoms with Crippen molar-refractivity contribution in [1.29, 1.82) is 0 Å². The van der Waals surface area contributed by atoms with Crippen LogP contribution in [0.25, 0.3) is 0 Å². The van der Waals surface area contributed by atoms with E-state index in [1.165, 1.54) is 31.4 Å². The maximum absolute atomic E-state index is 11.9. The molecule has 0 radical (unpaired) electrons. The van der Waals surface area contributed by atoms with E-state index in [1.807, 2.05) is 0 Å². The number of carboxylic acids is 1. The Kier molecular flexibility index (Phi) is 5.41. The summed E-state index contributed by atoms with van der Waals surface area (Å²) in [6, 6.07) is 4.24. The Labute approximate surface area is 119 Å². The van der Waals surface area contributed by atoms with E-state index in [-0.39, 0.29) is 11.1 Å². The number of amides is 2. The molecule has 8 nitrogen and oxygen atoms in total. The average Bonchev–Trinajstić information content (AvgIpc) is 2.45. The number of rotatable bonds is 6. The number of carbonyl (C=O) groups is 4. The van der Waals surface area contributed by atoms with Gasteiger partial charge in [0, 0.05) is 5.56 Å². The number of nitrogens with two attached hydrogens (primary N) is 1. The standard InChI is InChI=1S/C13H14N2O6/c1-21-13(20)8-4-2-3-7(5-8)12(19)15-9(11(14)18)6-10(16)17/h2-5,9H,6H2,1H3,(H2,14,18)(H,15,19)(H,16,17)/t9-/m0/s1. The molecule has 2 amide bonds. The van der Waals surface area contributed by atoms with Crippen molar-refractivity contribution in [3.8, 4) is 0 Å². The molecule has 0 fully saturated rings. The minimum Gasteiger partial charge on any atom is -0.481 e. The zero-order valence-corrected chi connectivity index (χ0v) is 11.2. The number of carboxylic acid groups (broad SMARTS) is 1. The van der Waals surface area contributed by atoms with Crippen LogP contribution in [0, 0.1) is 0 Å². The molecule has 0 heterocycles. The van der Waals surface area contributed by atoms with Crippen molar-refractivity contribution in [3.63, 3.8) is 0 Å². The quantitative estimate of drug-likeness (QED) is 0.607. The molecule has 8 heteroatoms. The average molecular weight is 294 g/mol. The van der Waals surface area contributed by atoms with Gasteiger partial charge in [0.2, 0.25) is 5.91 Å². The zero-order chi connectivity index (χ0) is 16.0. The van der Waals surface area contributed by atoms with Gasteiger partial charge in [-0.3, -0.25) is 14.4 Å². The molecule has 0 spiro atoms. The Morgan fingerprint density at radius 3 is 2.43 bits per heavy atom. The topological polar surface area (TPSA) is 136 Å². The van der Waals surface area contributed by atoms with Gasteiger partial charge in [0.25, 0.3) is 5.91 Å². The van der Waals surface area contributed by atoms with E-state index in [4.69, 9.17) is 10.8 Å². The van der Waals surface area contributed by atoms with E-state index in [0.29, 0.717) is 0 Å². The van der Waals surface area contributed by atoms with E-state index in [0.717, 1.165) is 0 Å². The van der Waals surface area contributed by atoms with Crippen molar-refractivity contribution in [2.45, 2.75) is 12.5 Å². The summed E-state index contributed by atoms with van der Waals surface area (Å²) in [6.07, 6.45) is -0.627. The van der Waals surface area contributed by atoms with Crippen LogP contribution in [0.4, 0.5) is 0 Å². The van der Waals surface area contributed by atoms with Gasteiger partial charge >= 0.3 is 11.9 Å². The molecule has 0 aliphatic carbocycles. The first-order valence-corrected chi connectivity index (χ1v) is 5.85.